The number of amides is 1. The number of carboxylic acid groups (broad SMARTS) is 1. The summed E-state index contributed by atoms with van der Waals surface area (Å²) in [4.78, 5) is 26.1. The maximum atomic E-state index is 12.7. The molecule has 0 bridgehead atoms. The number of benzene rings is 1. The van der Waals surface area contributed by atoms with Gasteiger partial charge in [0.1, 0.15) is 0 Å². The average Bonchev–Trinajstić information content (AvgIpc) is 2.99. The molecule has 3 atom stereocenters. The van der Waals surface area contributed by atoms with Gasteiger partial charge in [-0.3, -0.25) is 9.59 Å². The maximum absolute atomic E-state index is 12.7. The third-order valence-corrected chi connectivity index (χ3v) is 5.01. The van der Waals surface area contributed by atoms with Crippen LogP contribution in [0.5, 0.6) is 0 Å². The van der Waals surface area contributed by atoms with E-state index in [0.717, 1.165) is 18.4 Å². The number of likely N-dealkylation sites (tertiary alicyclic amines) is 1. The van der Waals surface area contributed by atoms with E-state index in [1.165, 1.54) is 0 Å². The molecule has 1 amide bonds. The molecule has 0 radical (unpaired) electrons. The molecule has 3 rings (SSSR count). The highest BCUT2D eigenvalue weighted by Gasteiger charge is 2.62. The van der Waals surface area contributed by atoms with Crippen molar-refractivity contribution in [3.63, 3.8) is 0 Å². The van der Waals surface area contributed by atoms with Crippen LogP contribution in [0.4, 0.5) is 0 Å². The maximum Gasteiger partial charge on any atom is 0.319 e. The van der Waals surface area contributed by atoms with Gasteiger partial charge in [0, 0.05) is 12.5 Å². The highest BCUT2D eigenvalue weighted by molar-refractivity contribution is 6.04. The van der Waals surface area contributed by atoms with Gasteiger partial charge in [-0.05, 0) is 25.3 Å². The Labute approximate surface area is 118 Å². The van der Waals surface area contributed by atoms with Crippen molar-refractivity contribution in [3.8, 4) is 0 Å². The molecule has 0 aromatic heterocycles. The Bertz CT molecular complexity index is 542. The SMILES string of the molecule is C[C@H](c1ccccc1)N1CC2CCCC2(C(=O)O)C1=O. The van der Waals surface area contributed by atoms with E-state index in [-0.39, 0.29) is 17.9 Å². The van der Waals surface area contributed by atoms with Crippen LogP contribution in [0.2, 0.25) is 0 Å². The summed E-state index contributed by atoms with van der Waals surface area (Å²) in [5, 5.41) is 9.57. The van der Waals surface area contributed by atoms with Crippen molar-refractivity contribution in [2.24, 2.45) is 11.3 Å². The number of fused-ring (bicyclic) bond motifs is 1. The lowest BCUT2D eigenvalue weighted by Crippen LogP contribution is -2.41. The molecular weight excluding hydrogens is 254 g/mol. The molecule has 4 nitrogen and oxygen atoms in total. The molecule has 1 aliphatic heterocycles. The summed E-state index contributed by atoms with van der Waals surface area (Å²) in [5.41, 5.74) is -0.0929. The fourth-order valence-electron chi connectivity index (χ4n) is 3.80. The minimum atomic E-state index is -1.15. The number of carboxylic acids is 1. The van der Waals surface area contributed by atoms with Crippen LogP contribution >= 0.6 is 0 Å². The van der Waals surface area contributed by atoms with Gasteiger partial charge in [-0.15, -0.1) is 0 Å². The van der Waals surface area contributed by atoms with Crippen LogP contribution in [0, 0.1) is 11.3 Å². The van der Waals surface area contributed by atoms with Gasteiger partial charge >= 0.3 is 5.97 Å². The molecular formula is C16H19NO3. The van der Waals surface area contributed by atoms with Crippen LogP contribution in [-0.4, -0.2) is 28.4 Å². The van der Waals surface area contributed by atoms with Crippen molar-refractivity contribution >= 4 is 11.9 Å². The first-order valence-electron chi connectivity index (χ1n) is 7.17. The number of carbonyl (C=O) groups excluding carboxylic acids is 1. The standard InChI is InChI=1S/C16H19NO3/c1-11(12-6-3-2-4-7-12)17-10-13-8-5-9-16(13,14(17)18)15(19)20/h2-4,6-7,11,13H,5,8-10H2,1H3,(H,19,20)/t11-,13?,16?/m1/s1. The normalized spacial score (nSPS) is 30.4. The second-order valence-electron chi connectivity index (χ2n) is 5.91. The predicted octanol–water partition coefficient (Wildman–Crippen LogP) is 2.46. The van der Waals surface area contributed by atoms with E-state index in [4.69, 9.17) is 0 Å². The molecule has 2 unspecified atom stereocenters. The molecule has 1 aliphatic carbocycles. The first-order valence-corrected chi connectivity index (χ1v) is 7.17. The zero-order valence-corrected chi connectivity index (χ0v) is 11.6. The largest absolute Gasteiger partial charge is 0.480 e. The van der Waals surface area contributed by atoms with Crippen molar-refractivity contribution < 1.29 is 14.7 Å². The van der Waals surface area contributed by atoms with Crippen molar-refractivity contribution in [1.29, 1.82) is 0 Å². The molecule has 2 fully saturated rings. The summed E-state index contributed by atoms with van der Waals surface area (Å²) in [6.45, 7) is 2.55. The van der Waals surface area contributed by atoms with Crippen molar-refractivity contribution in [3.05, 3.63) is 35.9 Å². The van der Waals surface area contributed by atoms with Gasteiger partial charge in [-0.1, -0.05) is 36.8 Å². The smallest absolute Gasteiger partial charge is 0.319 e. The third-order valence-electron chi connectivity index (χ3n) is 5.01. The van der Waals surface area contributed by atoms with Gasteiger partial charge in [0.05, 0.1) is 6.04 Å². The highest BCUT2D eigenvalue weighted by atomic mass is 16.4. The molecule has 1 N–H and O–H groups in total. The first kappa shape index (κ1) is 13.2. The summed E-state index contributed by atoms with van der Waals surface area (Å²) < 4.78 is 0. The quantitative estimate of drug-likeness (QED) is 0.861. The molecule has 2 aliphatic rings. The zero-order chi connectivity index (χ0) is 14.3. The molecule has 1 heterocycles. The van der Waals surface area contributed by atoms with Crippen molar-refractivity contribution in [2.45, 2.75) is 32.2 Å². The van der Waals surface area contributed by atoms with E-state index in [1.807, 2.05) is 37.3 Å². The van der Waals surface area contributed by atoms with E-state index in [0.29, 0.717) is 13.0 Å². The molecule has 1 saturated carbocycles. The summed E-state index contributed by atoms with van der Waals surface area (Å²) in [6, 6.07) is 9.74. The highest BCUT2D eigenvalue weighted by Crippen LogP contribution is 2.51. The Kier molecular flexibility index (Phi) is 3.04. The minimum absolute atomic E-state index is 0.0290. The number of hydrogen-bond donors (Lipinski definition) is 1. The fraction of sp³-hybridized carbons (Fsp3) is 0.500. The number of aliphatic carboxylic acids is 1. The van der Waals surface area contributed by atoms with Gasteiger partial charge in [0.2, 0.25) is 5.91 Å². The van der Waals surface area contributed by atoms with Crippen LogP contribution in [0.3, 0.4) is 0 Å². The summed E-state index contributed by atoms with van der Waals surface area (Å²) in [7, 11) is 0. The van der Waals surface area contributed by atoms with Crippen LogP contribution in [-0.2, 0) is 9.59 Å². The second-order valence-corrected chi connectivity index (χ2v) is 5.91. The third kappa shape index (κ3) is 1.67. The van der Waals surface area contributed by atoms with Gasteiger partial charge in [-0.25, -0.2) is 0 Å². The van der Waals surface area contributed by atoms with E-state index in [1.54, 1.807) is 4.90 Å². The topological polar surface area (TPSA) is 57.6 Å². The van der Waals surface area contributed by atoms with E-state index < -0.39 is 11.4 Å². The van der Waals surface area contributed by atoms with Gasteiger partial charge in [-0.2, -0.15) is 0 Å². The van der Waals surface area contributed by atoms with Gasteiger partial charge < -0.3 is 10.0 Å². The van der Waals surface area contributed by atoms with Crippen LogP contribution in [0.25, 0.3) is 0 Å². The fourth-order valence-corrected chi connectivity index (χ4v) is 3.80. The Morgan fingerprint density at radius 2 is 2.10 bits per heavy atom. The van der Waals surface area contributed by atoms with Crippen LogP contribution in [0.15, 0.2) is 30.3 Å². The van der Waals surface area contributed by atoms with E-state index in [9.17, 15) is 14.7 Å². The van der Waals surface area contributed by atoms with E-state index in [2.05, 4.69) is 0 Å². The summed E-state index contributed by atoms with van der Waals surface area (Å²) in [5.74, 6) is -1.16. The minimum Gasteiger partial charge on any atom is -0.480 e. The number of nitrogens with zero attached hydrogens (tertiary/aromatic N) is 1. The van der Waals surface area contributed by atoms with Gasteiger partial charge in [0.25, 0.3) is 0 Å². The zero-order valence-electron chi connectivity index (χ0n) is 11.6. The van der Waals surface area contributed by atoms with Crippen molar-refractivity contribution in [1.82, 2.24) is 4.90 Å². The molecule has 1 saturated heterocycles. The Balaban J connectivity index is 1.91. The first-order chi connectivity index (χ1) is 9.57. The number of hydrogen-bond acceptors (Lipinski definition) is 2. The monoisotopic (exact) mass is 273 g/mol. The lowest BCUT2D eigenvalue weighted by atomic mass is 9.80. The Morgan fingerprint density at radius 3 is 2.70 bits per heavy atom. The average molecular weight is 273 g/mol. The molecule has 106 valence electrons. The van der Waals surface area contributed by atoms with Crippen LogP contribution in [0.1, 0.15) is 37.8 Å². The van der Waals surface area contributed by atoms with E-state index >= 15 is 0 Å². The van der Waals surface area contributed by atoms with Gasteiger partial charge in [0.15, 0.2) is 5.41 Å². The number of carbonyl (C=O) groups is 2. The molecule has 1 aromatic rings. The lowest BCUT2D eigenvalue weighted by Gasteiger charge is -2.27. The molecule has 0 spiro atoms. The predicted molar refractivity (Wildman–Crippen MR) is 74.0 cm³/mol. The Morgan fingerprint density at radius 1 is 1.40 bits per heavy atom. The molecule has 4 heteroatoms. The summed E-state index contributed by atoms with van der Waals surface area (Å²) in [6.07, 6.45) is 2.18. The second kappa shape index (κ2) is 4.62. The van der Waals surface area contributed by atoms with Crippen molar-refractivity contribution in [2.75, 3.05) is 6.54 Å². The molecule has 20 heavy (non-hydrogen) atoms. The molecule has 1 aromatic carbocycles. The number of rotatable bonds is 3. The lowest BCUT2D eigenvalue weighted by molar-refractivity contribution is -0.157. The Hall–Kier alpha value is -1.84. The van der Waals surface area contributed by atoms with Crippen LogP contribution < -0.4 is 0 Å². The summed E-state index contributed by atoms with van der Waals surface area (Å²) >= 11 is 0.